The molecule has 1 heterocycles. The Bertz CT molecular complexity index is 1110. The highest BCUT2D eigenvalue weighted by Crippen LogP contribution is 2.65. The third kappa shape index (κ3) is 6.89. The Morgan fingerprint density at radius 1 is 0.905 bits per heavy atom. The standard InChI is InChI=1S/C30H50N6O6/c1-14(2)19(25(39)32-15(3)4)34-28(42)35-23(29(5,6)7)27(41)36-13-17-18(30(17,8)9)21(36)26(40)33-20(16-11-10-12-16)22(37)24(31)38/h14-21,23H,10-13H2,1-9H3,(H2,31,38)(H,32,39)(H,33,40)(H2,34,35,42)/t17-,18-,19-,20?,21-,23+/m0/s1. The second-order valence-electron chi connectivity index (χ2n) is 14.6. The van der Waals surface area contributed by atoms with Crippen LogP contribution in [0.5, 0.6) is 0 Å². The summed E-state index contributed by atoms with van der Waals surface area (Å²) in [5.41, 5.74) is 4.37. The molecule has 2 aliphatic carbocycles. The van der Waals surface area contributed by atoms with Crippen molar-refractivity contribution in [1.82, 2.24) is 26.2 Å². The molecule has 42 heavy (non-hydrogen) atoms. The molecule has 12 nitrogen and oxygen atoms in total. The summed E-state index contributed by atoms with van der Waals surface area (Å²) in [5, 5.41) is 11.1. The normalized spacial score (nSPS) is 25.0. The summed E-state index contributed by atoms with van der Waals surface area (Å²) >= 11 is 0. The van der Waals surface area contributed by atoms with E-state index in [9.17, 15) is 28.8 Å². The van der Waals surface area contributed by atoms with Crippen molar-refractivity contribution in [3.05, 3.63) is 0 Å². The van der Waals surface area contributed by atoms with Gasteiger partial charge in [0.25, 0.3) is 5.91 Å². The number of rotatable bonds is 11. The van der Waals surface area contributed by atoms with Crippen LogP contribution in [0.1, 0.15) is 81.6 Å². The van der Waals surface area contributed by atoms with Gasteiger partial charge in [0.15, 0.2) is 0 Å². The molecular weight excluding hydrogens is 540 g/mol. The number of likely N-dealkylation sites (tertiary alicyclic amines) is 1. The summed E-state index contributed by atoms with van der Waals surface area (Å²) in [7, 11) is 0. The first-order valence-electron chi connectivity index (χ1n) is 15.1. The number of Topliss-reactive ketones (excluding diaryl/α,β-unsaturated/α-hetero) is 1. The van der Waals surface area contributed by atoms with Gasteiger partial charge in [0, 0.05) is 12.6 Å². The van der Waals surface area contributed by atoms with Gasteiger partial charge in [0.2, 0.25) is 23.5 Å². The first kappa shape index (κ1) is 33.3. The first-order valence-corrected chi connectivity index (χ1v) is 15.1. The lowest BCUT2D eigenvalue weighted by Gasteiger charge is -2.39. The monoisotopic (exact) mass is 590 g/mol. The number of piperidine rings is 1. The molecule has 1 saturated heterocycles. The minimum Gasteiger partial charge on any atom is -0.363 e. The van der Waals surface area contributed by atoms with Crippen LogP contribution >= 0.6 is 0 Å². The molecule has 1 unspecified atom stereocenters. The third-order valence-electron chi connectivity index (χ3n) is 9.26. The average Bonchev–Trinajstić information content (AvgIpc) is 3.15. The van der Waals surface area contributed by atoms with Crippen molar-refractivity contribution < 1.29 is 28.8 Å². The molecule has 12 heteroatoms. The summed E-state index contributed by atoms with van der Waals surface area (Å²) in [6.07, 6.45) is 2.30. The molecule has 0 aromatic heterocycles. The number of nitrogens with one attached hydrogen (secondary N) is 4. The van der Waals surface area contributed by atoms with E-state index in [-0.39, 0.29) is 41.0 Å². The Morgan fingerprint density at radius 3 is 1.95 bits per heavy atom. The van der Waals surface area contributed by atoms with Gasteiger partial charge in [-0.05, 0) is 61.2 Å². The highest BCUT2D eigenvalue weighted by Gasteiger charge is 2.70. The smallest absolute Gasteiger partial charge is 0.316 e. The SMILES string of the molecule is CC(C)NC(=O)[C@@H](NC(=O)N[C@H](C(=O)N1C[C@H]2[C@@H]([C@H]1C(=O)NC(C(=O)C(N)=O)C1CCC1)C2(C)C)C(C)(C)C)C(C)C. The van der Waals surface area contributed by atoms with E-state index in [1.807, 2.05) is 62.3 Å². The van der Waals surface area contributed by atoms with Gasteiger partial charge in [-0.1, -0.05) is 54.9 Å². The number of urea groups is 1. The third-order valence-corrected chi connectivity index (χ3v) is 9.26. The van der Waals surface area contributed by atoms with E-state index in [1.54, 1.807) is 0 Å². The van der Waals surface area contributed by atoms with Crippen molar-refractivity contribution in [1.29, 1.82) is 0 Å². The van der Waals surface area contributed by atoms with E-state index in [1.165, 1.54) is 4.90 Å². The van der Waals surface area contributed by atoms with Crippen LogP contribution in [-0.4, -0.2) is 77.1 Å². The minimum atomic E-state index is -1.10. The maximum atomic E-state index is 14.1. The van der Waals surface area contributed by atoms with Gasteiger partial charge in [0.05, 0.1) is 0 Å². The second kappa shape index (κ2) is 12.2. The molecule has 1 aliphatic heterocycles. The van der Waals surface area contributed by atoms with Gasteiger partial charge >= 0.3 is 6.03 Å². The predicted octanol–water partition coefficient (Wildman–Crippen LogP) is 1.07. The molecule has 0 aromatic rings. The van der Waals surface area contributed by atoms with Crippen molar-refractivity contribution in [3.63, 3.8) is 0 Å². The minimum absolute atomic E-state index is 0.0747. The fourth-order valence-corrected chi connectivity index (χ4v) is 6.41. The second-order valence-corrected chi connectivity index (χ2v) is 14.6. The lowest BCUT2D eigenvalue weighted by molar-refractivity contribution is -0.145. The zero-order chi connectivity index (χ0) is 31.9. The van der Waals surface area contributed by atoms with Crippen LogP contribution in [0.2, 0.25) is 0 Å². The van der Waals surface area contributed by atoms with E-state index in [4.69, 9.17) is 5.73 Å². The van der Waals surface area contributed by atoms with E-state index < -0.39 is 59.1 Å². The van der Waals surface area contributed by atoms with Gasteiger partial charge in [-0.3, -0.25) is 24.0 Å². The number of hydrogen-bond acceptors (Lipinski definition) is 6. The van der Waals surface area contributed by atoms with Gasteiger partial charge in [0.1, 0.15) is 24.2 Å². The van der Waals surface area contributed by atoms with E-state index >= 15 is 0 Å². The number of carbonyl (C=O) groups excluding carboxylic acids is 6. The number of amides is 6. The van der Waals surface area contributed by atoms with E-state index in [0.29, 0.717) is 19.4 Å². The summed E-state index contributed by atoms with van der Waals surface area (Å²) < 4.78 is 0. The van der Waals surface area contributed by atoms with Crippen LogP contribution in [-0.2, 0) is 24.0 Å². The number of nitrogens with zero attached hydrogens (tertiary/aromatic N) is 1. The first-order chi connectivity index (χ1) is 19.3. The fraction of sp³-hybridized carbons (Fsp3) is 0.800. The maximum Gasteiger partial charge on any atom is 0.316 e. The van der Waals surface area contributed by atoms with Crippen LogP contribution in [0.25, 0.3) is 0 Å². The number of hydrogen-bond donors (Lipinski definition) is 5. The molecule has 3 fully saturated rings. The Hall–Kier alpha value is -3.18. The van der Waals surface area contributed by atoms with Gasteiger partial charge < -0.3 is 31.9 Å². The molecular formula is C30H50N6O6. The molecule has 0 bridgehead atoms. The molecule has 0 spiro atoms. The summed E-state index contributed by atoms with van der Waals surface area (Å²) in [5.74, 6) is -3.59. The number of primary amides is 1. The van der Waals surface area contributed by atoms with Crippen molar-refractivity contribution >= 4 is 35.4 Å². The molecule has 236 valence electrons. The molecule has 6 amide bonds. The molecule has 0 aromatic carbocycles. The highest BCUT2D eigenvalue weighted by molar-refractivity contribution is 6.38. The maximum absolute atomic E-state index is 14.1. The van der Waals surface area contributed by atoms with E-state index in [0.717, 1.165) is 6.42 Å². The molecule has 0 radical (unpaired) electrons. The largest absolute Gasteiger partial charge is 0.363 e. The van der Waals surface area contributed by atoms with Gasteiger partial charge in [-0.2, -0.15) is 0 Å². The molecule has 2 saturated carbocycles. The zero-order valence-electron chi connectivity index (χ0n) is 26.5. The number of nitrogens with two attached hydrogens (primary N) is 1. The number of ketones is 1. The summed E-state index contributed by atoms with van der Waals surface area (Å²) in [4.78, 5) is 79.7. The summed E-state index contributed by atoms with van der Waals surface area (Å²) in [6, 6.07) is -4.48. The van der Waals surface area contributed by atoms with Crippen LogP contribution in [0.4, 0.5) is 4.79 Å². The topological polar surface area (TPSA) is 180 Å². The lowest BCUT2D eigenvalue weighted by Crippen LogP contribution is -2.63. The van der Waals surface area contributed by atoms with Crippen molar-refractivity contribution in [2.45, 2.75) is 112 Å². The van der Waals surface area contributed by atoms with Crippen molar-refractivity contribution in [3.8, 4) is 0 Å². The predicted molar refractivity (Wildman–Crippen MR) is 157 cm³/mol. The number of fused-ring (bicyclic) bond motifs is 1. The van der Waals surface area contributed by atoms with E-state index in [2.05, 4.69) is 21.3 Å². The molecule has 6 atom stereocenters. The molecule has 6 N–H and O–H groups in total. The van der Waals surface area contributed by atoms with Gasteiger partial charge in [-0.15, -0.1) is 0 Å². The van der Waals surface area contributed by atoms with Crippen LogP contribution in [0.15, 0.2) is 0 Å². The van der Waals surface area contributed by atoms with Crippen molar-refractivity contribution in [2.24, 2.45) is 40.2 Å². The quantitative estimate of drug-likeness (QED) is 0.225. The van der Waals surface area contributed by atoms with Gasteiger partial charge in [-0.25, -0.2) is 4.79 Å². The van der Waals surface area contributed by atoms with Crippen LogP contribution in [0, 0.1) is 34.5 Å². The van der Waals surface area contributed by atoms with Crippen LogP contribution in [0.3, 0.4) is 0 Å². The summed E-state index contributed by atoms with van der Waals surface area (Å²) in [6.45, 7) is 17.2. The zero-order valence-corrected chi connectivity index (χ0v) is 26.5. The Kier molecular flexibility index (Phi) is 9.68. The lowest BCUT2D eigenvalue weighted by atomic mass is 9.78. The highest BCUT2D eigenvalue weighted by atomic mass is 16.2. The average molecular weight is 591 g/mol. The number of carbonyl (C=O) groups is 6. The Morgan fingerprint density at radius 2 is 1.50 bits per heavy atom. The molecule has 3 rings (SSSR count). The Labute approximate surface area is 249 Å². The van der Waals surface area contributed by atoms with Crippen LogP contribution < -0.4 is 27.0 Å². The fourth-order valence-electron chi connectivity index (χ4n) is 6.41. The van der Waals surface area contributed by atoms with Crippen molar-refractivity contribution in [2.75, 3.05) is 6.54 Å². The molecule has 3 aliphatic rings. The Balaban J connectivity index is 1.82.